The second-order valence-corrected chi connectivity index (χ2v) is 10.8. The van der Waals surface area contributed by atoms with Crippen LogP contribution in [0.2, 0.25) is 0 Å². The average Bonchev–Trinajstić information content (AvgIpc) is 2.73. The van der Waals surface area contributed by atoms with Gasteiger partial charge in [0.1, 0.15) is 0 Å². The van der Waals surface area contributed by atoms with Crippen molar-refractivity contribution in [2.75, 3.05) is 6.61 Å². The molecule has 0 aliphatic rings. The van der Waals surface area contributed by atoms with E-state index in [0.717, 1.165) is 25.7 Å². The van der Waals surface area contributed by atoms with Crippen LogP contribution >= 0.6 is 7.82 Å². The van der Waals surface area contributed by atoms with Gasteiger partial charge in [-0.05, 0) is 18.8 Å². The summed E-state index contributed by atoms with van der Waals surface area (Å²) in [6.07, 6.45) is 28.4. The summed E-state index contributed by atoms with van der Waals surface area (Å²) in [4.78, 5) is 18.1. The molecule has 0 spiro atoms. The number of unbranched alkanes of at least 4 members (excludes halogenated alkanes) is 18. The van der Waals surface area contributed by atoms with Crippen molar-refractivity contribution in [2.45, 2.75) is 155 Å². The third-order valence-corrected chi connectivity index (χ3v) is 6.90. The topological polar surface area (TPSA) is 66.8 Å². The predicted octanol–water partition coefficient (Wildman–Crippen LogP) is 9.33. The number of hydrogen-bond donors (Lipinski definition) is 2. The number of phosphoric ester groups is 1. The Balaban J connectivity index is 3.77. The average molecular weight is 463 g/mol. The molecule has 0 aromatic rings. The molecule has 0 aromatic heterocycles. The molecule has 0 aromatic carbocycles. The lowest BCUT2D eigenvalue weighted by Gasteiger charge is -2.17. The van der Waals surface area contributed by atoms with E-state index in [2.05, 4.69) is 13.8 Å². The quantitative estimate of drug-likeness (QED) is 0.105. The second kappa shape index (κ2) is 23.3. The highest BCUT2D eigenvalue weighted by molar-refractivity contribution is 7.46. The van der Waals surface area contributed by atoms with E-state index in [-0.39, 0.29) is 12.5 Å². The molecule has 0 bridgehead atoms. The van der Waals surface area contributed by atoms with Crippen molar-refractivity contribution in [2.24, 2.45) is 5.92 Å². The molecule has 0 amide bonds. The van der Waals surface area contributed by atoms with Gasteiger partial charge >= 0.3 is 7.82 Å². The number of phosphoric acid groups is 1. The van der Waals surface area contributed by atoms with Gasteiger partial charge in [-0.1, -0.05) is 142 Å². The zero-order valence-corrected chi connectivity index (χ0v) is 21.9. The normalized spacial score (nSPS) is 12.2. The zero-order chi connectivity index (χ0) is 23.0. The fourth-order valence-corrected chi connectivity index (χ4v) is 4.76. The standard InChI is InChI=1S/C26H55O4P/c1-3-5-7-9-11-13-15-17-19-21-23-26(25-30-31(27,28)29)24-22-20-18-16-14-12-10-8-6-4-2/h26H,3-25H2,1-2H3,(H2,27,28,29). The SMILES string of the molecule is CCCCCCCCCCCCC(CCCCCCCCCCCC)COP(=O)(O)O. The fraction of sp³-hybridized carbons (Fsp3) is 1.00. The van der Waals surface area contributed by atoms with Crippen molar-refractivity contribution in [3.63, 3.8) is 0 Å². The largest absolute Gasteiger partial charge is 0.469 e. The van der Waals surface area contributed by atoms with Crippen molar-refractivity contribution in [3.8, 4) is 0 Å². The first-order valence-electron chi connectivity index (χ1n) is 13.7. The molecular weight excluding hydrogens is 407 g/mol. The van der Waals surface area contributed by atoms with Crippen molar-refractivity contribution in [1.82, 2.24) is 0 Å². The molecule has 0 radical (unpaired) electrons. The summed E-state index contributed by atoms with van der Waals surface area (Å²) in [5, 5.41) is 0. The molecule has 31 heavy (non-hydrogen) atoms. The van der Waals surface area contributed by atoms with Gasteiger partial charge in [-0.3, -0.25) is 4.52 Å². The van der Waals surface area contributed by atoms with Crippen molar-refractivity contribution < 1.29 is 18.9 Å². The summed E-state index contributed by atoms with van der Waals surface area (Å²) in [5.41, 5.74) is 0. The molecule has 0 fully saturated rings. The molecule has 0 aliphatic heterocycles. The monoisotopic (exact) mass is 462 g/mol. The Morgan fingerprint density at radius 3 is 1.13 bits per heavy atom. The Morgan fingerprint density at radius 2 is 0.839 bits per heavy atom. The second-order valence-electron chi connectivity index (χ2n) is 9.59. The van der Waals surface area contributed by atoms with Crippen LogP contribution in [0, 0.1) is 5.92 Å². The van der Waals surface area contributed by atoms with E-state index >= 15 is 0 Å². The van der Waals surface area contributed by atoms with Crippen molar-refractivity contribution in [3.05, 3.63) is 0 Å². The third kappa shape index (κ3) is 26.2. The number of rotatable bonds is 25. The molecule has 2 N–H and O–H groups in total. The fourth-order valence-electron chi connectivity index (χ4n) is 4.35. The van der Waals surface area contributed by atoms with Crippen LogP contribution in [0.4, 0.5) is 0 Å². The highest BCUT2D eigenvalue weighted by Gasteiger charge is 2.18. The summed E-state index contributed by atoms with van der Waals surface area (Å²) in [7, 11) is -4.35. The first-order chi connectivity index (χ1) is 15.0. The van der Waals surface area contributed by atoms with E-state index in [4.69, 9.17) is 14.3 Å². The van der Waals surface area contributed by atoms with E-state index in [1.807, 2.05) is 0 Å². The Labute approximate surface area is 194 Å². The third-order valence-electron chi connectivity index (χ3n) is 6.41. The van der Waals surface area contributed by atoms with E-state index in [9.17, 15) is 4.57 Å². The molecule has 0 unspecified atom stereocenters. The first-order valence-corrected chi connectivity index (χ1v) is 15.2. The first kappa shape index (κ1) is 31.1. The van der Waals surface area contributed by atoms with Gasteiger partial charge in [-0.2, -0.15) is 0 Å². The predicted molar refractivity (Wildman–Crippen MR) is 134 cm³/mol. The molecule has 0 rings (SSSR count). The van der Waals surface area contributed by atoms with Gasteiger partial charge in [-0.25, -0.2) is 4.57 Å². The van der Waals surface area contributed by atoms with Gasteiger partial charge < -0.3 is 9.79 Å². The minimum Gasteiger partial charge on any atom is -0.303 e. The Bertz CT molecular complexity index is 373. The molecule has 0 saturated heterocycles. The van der Waals surface area contributed by atoms with Gasteiger partial charge in [0.25, 0.3) is 0 Å². The van der Waals surface area contributed by atoms with E-state index < -0.39 is 7.82 Å². The van der Waals surface area contributed by atoms with Crippen LogP contribution in [0.25, 0.3) is 0 Å². The van der Waals surface area contributed by atoms with Gasteiger partial charge in [0.2, 0.25) is 0 Å². The van der Waals surface area contributed by atoms with E-state index in [1.54, 1.807) is 0 Å². The maximum Gasteiger partial charge on any atom is 0.469 e. The molecule has 4 nitrogen and oxygen atoms in total. The maximum atomic E-state index is 11.1. The van der Waals surface area contributed by atoms with Gasteiger partial charge in [0, 0.05) is 0 Å². The Hall–Kier alpha value is 0.110. The summed E-state index contributed by atoms with van der Waals surface area (Å²) in [5.74, 6) is 0.288. The van der Waals surface area contributed by atoms with Crippen LogP contribution in [0.3, 0.4) is 0 Å². The minimum atomic E-state index is -4.35. The van der Waals surface area contributed by atoms with Crippen LogP contribution in [0.5, 0.6) is 0 Å². The van der Waals surface area contributed by atoms with Crippen LogP contribution in [0.15, 0.2) is 0 Å². The van der Waals surface area contributed by atoms with Gasteiger partial charge in [0.05, 0.1) is 6.61 Å². The van der Waals surface area contributed by atoms with Crippen molar-refractivity contribution in [1.29, 1.82) is 0 Å². The van der Waals surface area contributed by atoms with Crippen LogP contribution < -0.4 is 0 Å². The summed E-state index contributed by atoms with van der Waals surface area (Å²) in [6, 6.07) is 0. The van der Waals surface area contributed by atoms with Crippen LogP contribution in [0.1, 0.15) is 155 Å². The van der Waals surface area contributed by atoms with Crippen LogP contribution in [-0.2, 0) is 9.09 Å². The summed E-state index contributed by atoms with van der Waals surface area (Å²) < 4.78 is 15.9. The molecular formula is C26H55O4P. The molecule has 0 atom stereocenters. The lowest BCUT2D eigenvalue weighted by atomic mass is 9.94. The lowest BCUT2D eigenvalue weighted by Crippen LogP contribution is -2.09. The van der Waals surface area contributed by atoms with Crippen molar-refractivity contribution >= 4 is 7.82 Å². The Morgan fingerprint density at radius 1 is 0.548 bits per heavy atom. The van der Waals surface area contributed by atoms with Gasteiger partial charge in [0.15, 0.2) is 0 Å². The smallest absolute Gasteiger partial charge is 0.303 e. The molecule has 188 valence electrons. The maximum absolute atomic E-state index is 11.1. The molecule has 0 aliphatic carbocycles. The number of hydrogen-bond acceptors (Lipinski definition) is 2. The van der Waals surface area contributed by atoms with E-state index in [1.165, 1.54) is 116 Å². The van der Waals surface area contributed by atoms with Crippen LogP contribution in [-0.4, -0.2) is 16.4 Å². The van der Waals surface area contributed by atoms with Gasteiger partial charge in [-0.15, -0.1) is 0 Å². The summed E-state index contributed by atoms with van der Waals surface area (Å²) >= 11 is 0. The highest BCUT2D eigenvalue weighted by atomic mass is 31.2. The highest BCUT2D eigenvalue weighted by Crippen LogP contribution is 2.37. The van der Waals surface area contributed by atoms with E-state index in [0.29, 0.717) is 0 Å². The lowest BCUT2D eigenvalue weighted by molar-refractivity contribution is 0.157. The Kier molecular flexibility index (Phi) is 23.4. The zero-order valence-electron chi connectivity index (χ0n) is 21.0. The minimum absolute atomic E-state index is 0.207. The molecule has 5 heteroatoms. The molecule has 0 saturated carbocycles. The summed E-state index contributed by atoms with van der Waals surface area (Å²) in [6.45, 7) is 4.72. The molecule has 0 heterocycles.